The molecule has 3 aromatic rings. The van der Waals surface area contributed by atoms with Crippen molar-refractivity contribution in [3.63, 3.8) is 0 Å². The summed E-state index contributed by atoms with van der Waals surface area (Å²) in [5.41, 5.74) is 3.81. The van der Waals surface area contributed by atoms with Crippen molar-refractivity contribution in [1.82, 2.24) is 4.90 Å². The third kappa shape index (κ3) is 3.87. The summed E-state index contributed by atoms with van der Waals surface area (Å²) in [6, 6.07) is 18.4. The molecule has 180 valence electrons. The Labute approximate surface area is 204 Å². The van der Waals surface area contributed by atoms with Crippen molar-refractivity contribution in [2.24, 2.45) is 0 Å². The van der Waals surface area contributed by atoms with Crippen molar-refractivity contribution in [2.75, 3.05) is 32.7 Å². The van der Waals surface area contributed by atoms with E-state index in [4.69, 9.17) is 14.2 Å². The number of anilines is 1. The molecule has 2 aliphatic heterocycles. The van der Waals surface area contributed by atoms with E-state index in [0.717, 1.165) is 17.5 Å². The fourth-order valence-electron chi connectivity index (χ4n) is 5.19. The summed E-state index contributed by atoms with van der Waals surface area (Å²) >= 11 is 0. The van der Waals surface area contributed by atoms with Crippen LogP contribution in [-0.2, 0) is 11.2 Å². The SMILES string of the molecule is CCOc1ccccc1NC(=O)C1c2cc(OC)c(OC)cc2C(=O)N2CCc3ccccc3C12. The van der Waals surface area contributed by atoms with Gasteiger partial charge in [0.25, 0.3) is 5.91 Å². The molecule has 7 heteroatoms. The van der Waals surface area contributed by atoms with Gasteiger partial charge in [-0.2, -0.15) is 0 Å². The summed E-state index contributed by atoms with van der Waals surface area (Å²) in [6.07, 6.45) is 0.739. The zero-order valence-corrected chi connectivity index (χ0v) is 20.0. The highest BCUT2D eigenvalue weighted by molar-refractivity contribution is 6.05. The summed E-state index contributed by atoms with van der Waals surface area (Å²) in [5, 5.41) is 3.08. The lowest BCUT2D eigenvalue weighted by Crippen LogP contribution is -2.49. The highest BCUT2D eigenvalue weighted by atomic mass is 16.5. The molecule has 0 spiro atoms. The third-order valence-corrected chi connectivity index (χ3v) is 6.76. The molecule has 2 heterocycles. The average Bonchev–Trinajstić information content (AvgIpc) is 2.89. The van der Waals surface area contributed by atoms with Crippen LogP contribution < -0.4 is 19.5 Å². The third-order valence-electron chi connectivity index (χ3n) is 6.76. The van der Waals surface area contributed by atoms with E-state index in [1.54, 1.807) is 19.2 Å². The second-order valence-corrected chi connectivity index (χ2v) is 8.58. The quantitative estimate of drug-likeness (QED) is 0.568. The molecule has 7 nitrogen and oxygen atoms in total. The number of benzene rings is 3. The second kappa shape index (κ2) is 9.33. The van der Waals surface area contributed by atoms with Gasteiger partial charge in [0.05, 0.1) is 38.5 Å². The first kappa shape index (κ1) is 22.8. The Kier molecular flexibility index (Phi) is 6.07. The minimum Gasteiger partial charge on any atom is -0.493 e. The number of nitrogens with zero attached hydrogens (tertiary/aromatic N) is 1. The van der Waals surface area contributed by atoms with Gasteiger partial charge in [-0.05, 0) is 54.3 Å². The Morgan fingerprint density at radius 2 is 1.69 bits per heavy atom. The Hall–Kier alpha value is -4.00. The number of fused-ring (bicyclic) bond motifs is 4. The molecular weight excluding hydrogens is 444 g/mol. The van der Waals surface area contributed by atoms with Crippen LogP contribution in [0, 0.1) is 0 Å². The Morgan fingerprint density at radius 3 is 2.46 bits per heavy atom. The van der Waals surface area contributed by atoms with Gasteiger partial charge < -0.3 is 24.4 Å². The van der Waals surface area contributed by atoms with E-state index >= 15 is 0 Å². The van der Waals surface area contributed by atoms with E-state index in [9.17, 15) is 9.59 Å². The zero-order valence-electron chi connectivity index (χ0n) is 20.0. The molecule has 0 aromatic heterocycles. The molecule has 5 rings (SSSR count). The highest BCUT2D eigenvalue weighted by Gasteiger charge is 2.47. The molecule has 0 saturated carbocycles. The molecular formula is C28H28N2O5. The van der Waals surface area contributed by atoms with Crippen molar-refractivity contribution in [3.8, 4) is 17.2 Å². The van der Waals surface area contributed by atoms with Gasteiger partial charge in [0.1, 0.15) is 5.75 Å². The maximum atomic E-state index is 14.0. The van der Waals surface area contributed by atoms with Crippen LogP contribution in [0.2, 0.25) is 0 Å². The van der Waals surface area contributed by atoms with Gasteiger partial charge in [0.2, 0.25) is 5.91 Å². The average molecular weight is 473 g/mol. The van der Waals surface area contributed by atoms with Crippen LogP contribution in [0.5, 0.6) is 17.2 Å². The standard InChI is InChI=1S/C28H28N2O5/c1-4-35-22-12-8-7-11-21(22)29-27(31)25-19-15-23(33-2)24(34-3)16-20(19)28(32)30-14-13-17-9-5-6-10-18(17)26(25)30/h5-12,15-16,25-26H,4,13-14H2,1-3H3,(H,29,31). The topological polar surface area (TPSA) is 77.1 Å². The summed E-state index contributed by atoms with van der Waals surface area (Å²) < 4.78 is 16.7. The van der Waals surface area contributed by atoms with Crippen molar-refractivity contribution in [2.45, 2.75) is 25.3 Å². The minimum absolute atomic E-state index is 0.112. The van der Waals surface area contributed by atoms with Crippen molar-refractivity contribution in [1.29, 1.82) is 0 Å². The molecule has 0 saturated heterocycles. The number of methoxy groups -OCH3 is 2. The predicted molar refractivity (Wildman–Crippen MR) is 132 cm³/mol. The lowest BCUT2D eigenvalue weighted by Gasteiger charge is -2.45. The van der Waals surface area contributed by atoms with Crippen molar-refractivity contribution < 1.29 is 23.8 Å². The summed E-state index contributed by atoms with van der Waals surface area (Å²) in [5.74, 6) is 0.548. The Bertz CT molecular complexity index is 1290. The molecule has 2 aliphatic rings. The van der Waals surface area contributed by atoms with E-state index in [1.807, 2.05) is 54.3 Å². The zero-order chi connectivity index (χ0) is 24.5. The van der Waals surface area contributed by atoms with Gasteiger partial charge in [-0.25, -0.2) is 0 Å². The Morgan fingerprint density at radius 1 is 0.971 bits per heavy atom. The maximum absolute atomic E-state index is 14.0. The lowest BCUT2D eigenvalue weighted by molar-refractivity contribution is -0.119. The van der Waals surface area contributed by atoms with E-state index in [-0.39, 0.29) is 11.8 Å². The normalized spacial score (nSPS) is 18.1. The number of hydrogen-bond donors (Lipinski definition) is 1. The number of rotatable bonds is 6. The maximum Gasteiger partial charge on any atom is 0.254 e. The van der Waals surface area contributed by atoms with Crippen LogP contribution in [-0.4, -0.2) is 44.1 Å². The molecule has 35 heavy (non-hydrogen) atoms. The van der Waals surface area contributed by atoms with Crippen LogP contribution in [0.4, 0.5) is 5.69 Å². The van der Waals surface area contributed by atoms with E-state index in [1.165, 1.54) is 7.11 Å². The number of carbonyl (C=O) groups is 2. The lowest BCUT2D eigenvalue weighted by atomic mass is 9.75. The van der Waals surface area contributed by atoms with Crippen LogP contribution >= 0.6 is 0 Å². The van der Waals surface area contributed by atoms with E-state index < -0.39 is 12.0 Å². The molecule has 2 atom stereocenters. The van der Waals surface area contributed by atoms with Gasteiger partial charge in [0.15, 0.2) is 11.5 Å². The van der Waals surface area contributed by atoms with Gasteiger partial charge in [0, 0.05) is 12.1 Å². The number of ether oxygens (including phenoxy) is 3. The Balaban J connectivity index is 1.67. The number of para-hydroxylation sites is 2. The first-order chi connectivity index (χ1) is 17.1. The first-order valence-corrected chi connectivity index (χ1v) is 11.7. The number of carbonyl (C=O) groups excluding carboxylic acids is 2. The molecule has 0 aliphatic carbocycles. The van der Waals surface area contributed by atoms with Gasteiger partial charge >= 0.3 is 0 Å². The monoisotopic (exact) mass is 472 g/mol. The molecule has 3 aromatic carbocycles. The van der Waals surface area contributed by atoms with E-state index in [2.05, 4.69) is 11.4 Å². The fraction of sp³-hybridized carbons (Fsp3) is 0.286. The summed E-state index contributed by atoms with van der Waals surface area (Å²) in [6.45, 7) is 2.92. The highest BCUT2D eigenvalue weighted by Crippen LogP contribution is 2.48. The first-order valence-electron chi connectivity index (χ1n) is 11.7. The number of amides is 2. The summed E-state index contributed by atoms with van der Waals surface area (Å²) in [7, 11) is 3.08. The largest absolute Gasteiger partial charge is 0.493 e. The molecule has 2 unspecified atom stereocenters. The number of hydrogen-bond acceptors (Lipinski definition) is 5. The smallest absolute Gasteiger partial charge is 0.254 e. The molecule has 0 bridgehead atoms. The van der Waals surface area contributed by atoms with Crippen LogP contribution in [0.1, 0.15) is 45.9 Å². The second-order valence-electron chi connectivity index (χ2n) is 8.58. The molecule has 0 fully saturated rings. The van der Waals surface area contributed by atoms with Gasteiger partial charge in [-0.3, -0.25) is 9.59 Å². The molecule has 0 radical (unpaired) electrons. The predicted octanol–water partition coefficient (Wildman–Crippen LogP) is 4.58. The van der Waals surface area contributed by atoms with Crippen LogP contribution in [0.25, 0.3) is 0 Å². The van der Waals surface area contributed by atoms with Crippen molar-refractivity contribution >= 4 is 17.5 Å². The molecule has 2 amide bonds. The molecule has 1 N–H and O–H groups in total. The minimum atomic E-state index is -0.654. The van der Waals surface area contributed by atoms with Gasteiger partial charge in [-0.1, -0.05) is 36.4 Å². The number of nitrogens with one attached hydrogen (secondary N) is 1. The summed E-state index contributed by atoms with van der Waals surface area (Å²) in [4.78, 5) is 29.5. The van der Waals surface area contributed by atoms with E-state index in [0.29, 0.717) is 47.2 Å². The van der Waals surface area contributed by atoms with Crippen LogP contribution in [0.3, 0.4) is 0 Å². The van der Waals surface area contributed by atoms with Crippen LogP contribution in [0.15, 0.2) is 60.7 Å². The van der Waals surface area contributed by atoms with Gasteiger partial charge in [-0.15, -0.1) is 0 Å². The van der Waals surface area contributed by atoms with Crippen molar-refractivity contribution in [3.05, 3.63) is 82.9 Å². The fourth-order valence-corrected chi connectivity index (χ4v) is 5.19.